The number of amides is 2. The summed E-state index contributed by atoms with van der Waals surface area (Å²) in [7, 11) is 0. The standard InChI is InChI=1S/C15H23F3N2O4.C10H11ClO/c1-9-4-10(2-3-13(9)19-8-21)20-14(22)7-23-11-5-12(6-11)24-15(16,17)18;1-7-2-3-8-6-9(11)4-5-10(8)12-7/h8-13H,2-7H2,1H3,(H,19,21)(H,20,22);4-7H,2-3H2,1H3/t9-,10-,11?,12?,13+;7-/m00/s1. The van der Waals surface area contributed by atoms with E-state index in [9.17, 15) is 22.8 Å². The molecule has 0 saturated heterocycles. The molecule has 0 unspecified atom stereocenters. The highest BCUT2D eigenvalue weighted by atomic mass is 35.5. The first-order valence-corrected chi connectivity index (χ1v) is 12.7. The molecule has 2 fully saturated rings. The first-order valence-electron chi connectivity index (χ1n) is 12.3. The summed E-state index contributed by atoms with van der Waals surface area (Å²) >= 11 is 5.86. The Hall–Kier alpha value is -2.04. The van der Waals surface area contributed by atoms with Gasteiger partial charge in [0.1, 0.15) is 12.4 Å². The van der Waals surface area contributed by atoms with Crippen LogP contribution >= 0.6 is 11.6 Å². The fourth-order valence-corrected chi connectivity index (χ4v) is 4.95. The van der Waals surface area contributed by atoms with Gasteiger partial charge in [-0.25, -0.2) is 0 Å². The number of benzene rings is 1. The Bertz CT molecular complexity index is 882. The van der Waals surface area contributed by atoms with E-state index in [1.807, 2.05) is 25.1 Å². The Labute approximate surface area is 214 Å². The van der Waals surface area contributed by atoms with Crippen LogP contribution in [0, 0.1) is 5.92 Å². The van der Waals surface area contributed by atoms with Crippen molar-refractivity contribution in [1.82, 2.24) is 10.6 Å². The Morgan fingerprint density at radius 2 is 1.92 bits per heavy atom. The Kier molecular flexibility index (Phi) is 10.3. The summed E-state index contributed by atoms with van der Waals surface area (Å²) in [5.41, 5.74) is 1.24. The lowest BCUT2D eigenvalue weighted by Gasteiger charge is -2.36. The number of alkyl halides is 3. The fourth-order valence-electron chi connectivity index (χ4n) is 4.76. The lowest BCUT2D eigenvalue weighted by Crippen LogP contribution is -2.47. The third-order valence-electron chi connectivity index (χ3n) is 6.79. The molecule has 1 heterocycles. The molecule has 11 heteroatoms. The predicted octanol–water partition coefficient (Wildman–Crippen LogP) is 4.54. The van der Waals surface area contributed by atoms with Gasteiger partial charge in [0.15, 0.2) is 0 Å². The smallest absolute Gasteiger partial charge is 0.490 e. The van der Waals surface area contributed by atoms with Crippen molar-refractivity contribution in [2.75, 3.05) is 6.61 Å². The maximum Gasteiger partial charge on any atom is 0.522 e. The summed E-state index contributed by atoms with van der Waals surface area (Å²) in [5.74, 6) is 0.995. The van der Waals surface area contributed by atoms with E-state index in [1.165, 1.54) is 5.56 Å². The Balaban J connectivity index is 0.000000249. The molecule has 0 spiro atoms. The first-order chi connectivity index (χ1) is 17.0. The summed E-state index contributed by atoms with van der Waals surface area (Å²) in [6.07, 6.45) is -0.0285. The van der Waals surface area contributed by atoms with Gasteiger partial charge in [-0.15, -0.1) is 13.2 Å². The number of halogens is 4. The molecule has 4 rings (SSSR count). The molecular formula is C25H34ClF3N2O5. The van der Waals surface area contributed by atoms with Crippen LogP contribution in [0.25, 0.3) is 0 Å². The highest BCUT2D eigenvalue weighted by Gasteiger charge is 2.40. The molecule has 1 aromatic carbocycles. The van der Waals surface area contributed by atoms with Gasteiger partial charge in [-0.2, -0.15) is 0 Å². The van der Waals surface area contributed by atoms with Crippen LogP contribution in [0.15, 0.2) is 18.2 Å². The van der Waals surface area contributed by atoms with Crippen LogP contribution in [0.3, 0.4) is 0 Å². The average molecular weight is 535 g/mol. The minimum Gasteiger partial charge on any atom is -0.490 e. The molecule has 4 atom stereocenters. The van der Waals surface area contributed by atoms with Gasteiger partial charge in [-0.1, -0.05) is 18.5 Å². The lowest BCUT2D eigenvalue weighted by atomic mass is 9.83. The molecule has 0 aromatic heterocycles. The molecule has 2 saturated carbocycles. The fraction of sp³-hybridized carbons (Fsp3) is 0.680. The second-order valence-electron chi connectivity index (χ2n) is 9.75. The Morgan fingerprint density at radius 3 is 2.58 bits per heavy atom. The SMILES string of the molecule is C[C@H]1CCc2cc(Cl)ccc2O1.C[C@H]1C[C@@H](NC(=O)COC2CC(OC(F)(F)F)C2)CC[C@H]1NC=O. The summed E-state index contributed by atoms with van der Waals surface area (Å²) in [4.78, 5) is 22.4. The molecule has 36 heavy (non-hydrogen) atoms. The number of nitrogens with one attached hydrogen (secondary N) is 2. The quantitative estimate of drug-likeness (QED) is 0.502. The van der Waals surface area contributed by atoms with Crippen LogP contribution in [0.5, 0.6) is 5.75 Å². The molecule has 1 aromatic rings. The van der Waals surface area contributed by atoms with Gasteiger partial charge in [0.25, 0.3) is 0 Å². The minimum absolute atomic E-state index is 0.0310. The Morgan fingerprint density at radius 1 is 1.17 bits per heavy atom. The average Bonchev–Trinajstić information content (AvgIpc) is 2.77. The lowest BCUT2D eigenvalue weighted by molar-refractivity contribution is -0.357. The number of carbonyl (C=O) groups is 2. The number of aryl methyl sites for hydroxylation is 1. The van der Waals surface area contributed by atoms with Crippen LogP contribution in [0.4, 0.5) is 13.2 Å². The number of hydrogen-bond acceptors (Lipinski definition) is 5. The van der Waals surface area contributed by atoms with Crippen LogP contribution in [0.2, 0.25) is 5.02 Å². The van der Waals surface area contributed by atoms with Gasteiger partial charge in [0, 0.05) is 29.9 Å². The predicted molar refractivity (Wildman–Crippen MR) is 128 cm³/mol. The zero-order valence-corrected chi connectivity index (χ0v) is 21.2. The third-order valence-corrected chi connectivity index (χ3v) is 7.02. The van der Waals surface area contributed by atoms with Gasteiger partial charge in [-0.3, -0.25) is 14.3 Å². The number of rotatable bonds is 7. The number of fused-ring (bicyclic) bond motifs is 1. The molecule has 2 N–H and O–H groups in total. The van der Waals surface area contributed by atoms with Crippen molar-refractivity contribution in [3.63, 3.8) is 0 Å². The van der Waals surface area contributed by atoms with Gasteiger partial charge >= 0.3 is 6.36 Å². The normalized spacial score (nSPS) is 29.4. The van der Waals surface area contributed by atoms with E-state index in [1.54, 1.807) is 0 Å². The second kappa shape index (κ2) is 13.0. The molecule has 1 aliphatic heterocycles. The molecule has 3 aliphatic rings. The van der Waals surface area contributed by atoms with Crippen molar-refractivity contribution in [2.45, 2.75) is 95.6 Å². The van der Waals surface area contributed by atoms with Crippen molar-refractivity contribution in [1.29, 1.82) is 0 Å². The van der Waals surface area contributed by atoms with E-state index in [2.05, 4.69) is 22.3 Å². The van der Waals surface area contributed by atoms with Crippen molar-refractivity contribution >= 4 is 23.9 Å². The molecule has 2 aliphatic carbocycles. The highest BCUT2D eigenvalue weighted by molar-refractivity contribution is 6.30. The molecule has 0 bridgehead atoms. The van der Waals surface area contributed by atoms with Gasteiger partial charge in [0.05, 0.1) is 18.3 Å². The first kappa shape index (κ1) is 28.5. The van der Waals surface area contributed by atoms with E-state index in [0.29, 0.717) is 12.5 Å². The third kappa shape index (κ3) is 9.12. The van der Waals surface area contributed by atoms with E-state index >= 15 is 0 Å². The van der Waals surface area contributed by atoms with Crippen LogP contribution < -0.4 is 15.4 Å². The van der Waals surface area contributed by atoms with E-state index < -0.39 is 12.5 Å². The molecule has 0 radical (unpaired) electrons. The summed E-state index contributed by atoms with van der Waals surface area (Å²) in [6.45, 7) is 3.95. The van der Waals surface area contributed by atoms with Crippen LogP contribution in [-0.2, 0) is 25.5 Å². The van der Waals surface area contributed by atoms with E-state index in [0.717, 1.165) is 42.9 Å². The number of hydrogen-bond donors (Lipinski definition) is 2. The van der Waals surface area contributed by atoms with Gasteiger partial charge < -0.3 is 20.1 Å². The van der Waals surface area contributed by atoms with E-state index in [-0.39, 0.29) is 49.5 Å². The highest BCUT2D eigenvalue weighted by Crippen LogP contribution is 2.32. The topological polar surface area (TPSA) is 85.9 Å². The summed E-state index contributed by atoms with van der Waals surface area (Å²) in [5, 5.41) is 6.45. The van der Waals surface area contributed by atoms with Crippen LogP contribution in [-0.4, -0.2) is 55.7 Å². The summed E-state index contributed by atoms with van der Waals surface area (Å²) in [6, 6.07) is 5.98. The van der Waals surface area contributed by atoms with Crippen molar-refractivity contribution < 1.29 is 37.0 Å². The maximum atomic E-state index is 12.0. The van der Waals surface area contributed by atoms with Crippen molar-refractivity contribution in [3.05, 3.63) is 28.8 Å². The number of ether oxygens (including phenoxy) is 3. The number of carbonyl (C=O) groups excluding carboxylic acids is 2. The maximum absolute atomic E-state index is 12.0. The zero-order chi connectivity index (χ0) is 26.3. The summed E-state index contributed by atoms with van der Waals surface area (Å²) < 4.78 is 50.7. The van der Waals surface area contributed by atoms with Gasteiger partial charge in [0.2, 0.25) is 12.3 Å². The van der Waals surface area contributed by atoms with Crippen molar-refractivity contribution in [2.24, 2.45) is 5.92 Å². The van der Waals surface area contributed by atoms with E-state index in [4.69, 9.17) is 21.1 Å². The molecule has 7 nitrogen and oxygen atoms in total. The molecule has 202 valence electrons. The zero-order valence-electron chi connectivity index (χ0n) is 20.5. The molecule has 2 amide bonds. The largest absolute Gasteiger partial charge is 0.522 e. The van der Waals surface area contributed by atoms with Crippen molar-refractivity contribution in [3.8, 4) is 5.75 Å². The minimum atomic E-state index is -4.62. The molecular weight excluding hydrogens is 501 g/mol. The monoisotopic (exact) mass is 534 g/mol. The second-order valence-corrected chi connectivity index (χ2v) is 10.2. The van der Waals surface area contributed by atoms with Gasteiger partial charge in [-0.05, 0) is 68.7 Å². The van der Waals surface area contributed by atoms with Crippen LogP contribution in [0.1, 0.15) is 57.9 Å².